The van der Waals surface area contributed by atoms with Crippen LogP contribution >= 0.6 is 0 Å². The Morgan fingerprint density at radius 1 is 1.32 bits per heavy atom. The summed E-state index contributed by atoms with van der Waals surface area (Å²) >= 11 is 0. The molecule has 0 radical (unpaired) electrons. The summed E-state index contributed by atoms with van der Waals surface area (Å²) in [5.41, 5.74) is 2.17. The first-order valence-corrected chi connectivity index (χ1v) is 6.56. The molecule has 1 rings (SSSR count). The lowest BCUT2D eigenvalue weighted by molar-refractivity contribution is -0.139. The van der Waals surface area contributed by atoms with E-state index in [0.29, 0.717) is 18.0 Å². The van der Waals surface area contributed by atoms with Crippen LogP contribution < -0.4 is 10.6 Å². The maximum Gasteiger partial charge on any atom is 0.325 e. The number of anilines is 1. The molecule has 0 saturated carbocycles. The second kappa shape index (κ2) is 9.17. The molecule has 1 aromatic rings. The van der Waals surface area contributed by atoms with E-state index < -0.39 is 12.0 Å². The lowest BCUT2D eigenvalue weighted by Gasteiger charge is -2.07. The molecule has 0 unspecified atom stereocenters. The van der Waals surface area contributed by atoms with Gasteiger partial charge in [0, 0.05) is 5.69 Å². The van der Waals surface area contributed by atoms with Crippen molar-refractivity contribution < 1.29 is 19.2 Å². The number of hydrogen-bond acceptors (Lipinski definition) is 5. The maximum atomic E-state index is 11.5. The van der Waals surface area contributed by atoms with Crippen LogP contribution in [0.1, 0.15) is 12.5 Å². The fourth-order valence-electron chi connectivity index (χ4n) is 1.43. The number of urea groups is 1. The van der Waals surface area contributed by atoms with Gasteiger partial charge in [-0.25, -0.2) is 4.79 Å². The number of carbonyl (C=O) groups excluding carboxylic acids is 2. The average Bonchev–Trinajstić information content (AvgIpc) is 2.53. The van der Waals surface area contributed by atoms with E-state index in [-0.39, 0.29) is 6.54 Å². The number of hydrogen-bond donors (Lipinski definition) is 2. The largest absolute Gasteiger partial charge is 0.468 e. The molecule has 0 aliphatic heterocycles. The molecule has 0 heterocycles. The molecule has 0 aliphatic rings. The number of amides is 2. The standard InChI is InChI=1S/C15H19N3O4/c1-4-9-22-18-11(2)12-5-7-13(8-6-12)17-15(20)16-10-14(19)21-3/h4-8H,1,9-10H2,2-3H3,(H2,16,17,20). The van der Waals surface area contributed by atoms with Crippen LogP contribution in [0.5, 0.6) is 0 Å². The second-order valence-corrected chi connectivity index (χ2v) is 4.22. The SMILES string of the molecule is C=CCON=C(C)c1ccc(NC(=O)NCC(=O)OC)cc1. The average molecular weight is 305 g/mol. The monoisotopic (exact) mass is 305 g/mol. The van der Waals surface area contributed by atoms with Crippen molar-refractivity contribution in [2.24, 2.45) is 5.16 Å². The van der Waals surface area contributed by atoms with Crippen LogP contribution in [0.25, 0.3) is 0 Å². The normalized spacial score (nSPS) is 10.5. The van der Waals surface area contributed by atoms with E-state index in [1.807, 2.05) is 6.92 Å². The van der Waals surface area contributed by atoms with Crippen molar-refractivity contribution in [1.29, 1.82) is 0 Å². The number of esters is 1. The van der Waals surface area contributed by atoms with Gasteiger partial charge >= 0.3 is 12.0 Å². The highest BCUT2D eigenvalue weighted by Gasteiger charge is 2.05. The van der Waals surface area contributed by atoms with Crippen LogP contribution in [0, 0.1) is 0 Å². The van der Waals surface area contributed by atoms with Crippen LogP contribution in [-0.2, 0) is 14.4 Å². The molecule has 2 N–H and O–H groups in total. The number of rotatable bonds is 7. The summed E-state index contributed by atoms with van der Waals surface area (Å²) in [4.78, 5) is 27.4. The molecular weight excluding hydrogens is 286 g/mol. The molecule has 7 heteroatoms. The summed E-state index contributed by atoms with van der Waals surface area (Å²) in [6.45, 7) is 5.50. The first kappa shape index (κ1) is 17.2. The van der Waals surface area contributed by atoms with Crippen LogP contribution in [0.3, 0.4) is 0 Å². The van der Waals surface area contributed by atoms with Gasteiger partial charge in [0.05, 0.1) is 12.8 Å². The van der Waals surface area contributed by atoms with Gasteiger partial charge in [-0.3, -0.25) is 4.79 Å². The molecule has 22 heavy (non-hydrogen) atoms. The van der Waals surface area contributed by atoms with Gasteiger partial charge in [-0.15, -0.1) is 0 Å². The van der Waals surface area contributed by atoms with Crippen molar-refractivity contribution in [2.75, 3.05) is 25.6 Å². The van der Waals surface area contributed by atoms with Crippen molar-refractivity contribution in [3.8, 4) is 0 Å². The maximum absolute atomic E-state index is 11.5. The number of nitrogens with one attached hydrogen (secondary N) is 2. The Bertz CT molecular complexity index is 552. The zero-order chi connectivity index (χ0) is 16.4. The smallest absolute Gasteiger partial charge is 0.325 e. The van der Waals surface area contributed by atoms with E-state index in [1.54, 1.807) is 30.3 Å². The van der Waals surface area contributed by atoms with Gasteiger partial charge in [0.25, 0.3) is 0 Å². The minimum Gasteiger partial charge on any atom is -0.468 e. The van der Waals surface area contributed by atoms with Gasteiger partial charge in [0.1, 0.15) is 13.2 Å². The lowest BCUT2D eigenvalue weighted by Crippen LogP contribution is -2.33. The van der Waals surface area contributed by atoms with E-state index in [4.69, 9.17) is 4.84 Å². The summed E-state index contributed by atoms with van der Waals surface area (Å²) < 4.78 is 4.42. The zero-order valence-electron chi connectivity index (χ0n) is 12.6. The summed E-state index contributed by atoms with van der Waals surface area (Å²) in [7, 11) is 1.25. The lowest BCUT2D eigenvalue weighted by atomic mass is 10.1. The highest BCUT2D eigenvalue weighted by atomic mass is 16.6. The van der Waals surface area contributed by atoms with E-state index in [2.05, 4.69) is 27.1 Å². The van der Waals surface area contributed by atoms with Crippen molar-refractivity contribution >= 4 is 23.4 Å². The van der Waals surface area contributed by atoms with Crippen molar-refractivity contribution in [2.45, 2.75) is 6.92 Å². The molecule has 0 spiro atoms. The summed E-state index contributed by atoms with van der Waals surface area (Å²) in [5, 5.41) is 8.90. The Labute approximate surface area is 129 Å². The molecular formula is C15H19N3O4. The number of benzene rings is 1. The number of ether oxygens (including phenoxy) is 1. The third-order valence-corrected chi connectivity index (χ3v) is 2.58. The van der Waals surface area contributed by atoms with Gasteiger partial charge in [0.15, 0.2) is 0 Å². The number of carbonyl (C=O) groups is 2. The molecule has 0 fully saturated rings. The second-order valence-electron chi connectivity index (χ2n) is 4.22. The van der Waals surface area contributed by atoms with Crippen molar-refractivity contribution in [3.63, 3.8) is 0 Å². The predicted octanol–water partition coefficient (Wildman–Crippen LogP) is 1.91. The molecule has 7 nitrogen and oxygen atoms in total. The molecule has 118 valence electrons. The third-order valence-electron chi connectivity index (χ3n) is 2.58. The topological polar surface area (TPSA) is 89.0 Å². The summed E-state index contributed by atoms with van der Waals surface area (Å²) in [6.07, 6.45) is 1.61. The minimum atomic E-state index is -0.517. The Morgan fingerprint density at radius 3 is 2.59 bits per heavy atom. The molecule has 0 saturated heterocycles. The molecule has 2 amide bonds. The summed E-state index contributed by atoms with van der Waals surface area (Å²) in [6, 6.07) is 6.55. The number of methoxy groups -OCH3 is 1. The Kier molecular flexibility index (Phi) is 7.18. The number of oxime groups is 1. The van der Waals surface area contributed by atoms with Crippen LogP contribution in [0.15, 0.2) is 42.1 Å². The van der Waals surface area contributed by atoms with Gasteiger partial charge in [-0.05, 0) is 24.6 Å². The zero-order valence-corrected chi connectivity index (χ0v) is 12.6. The molecule has 0 bridgehead atoms. The summed E-state index contributed by atoms with van der Waals surface area (Å²) in [5.74, 6) is -0.517. The minimum absolute atomic E-state index is 0.188. The third kappa shape index (κ3) is 6.08. The van der Waals surface area contributed by atoms with E-state index in [0.717, 1.165) is 5.56 Å². The number of nitrogens with zero attached hydrogens (tertiary/aromatic N) is 1. The van der Waals surface area contributed by atoms with Gasteiger partial charge in [0.2, 0.25) is 0 Å². The van der Waals surface area contributed by atoms with E-state index in [1.165, 1.54) is 7.11 Å². The predicted molar refractivity (Wildman–Crippen MR) is 83.8 cm³/mol. The van der Waals surface area contributed by atoms with Crippen LogP contribution in [0.4, 0.5) is 10.5 Å². The fourth-order valence-corrected chi connectivity index (χ4v) is 1.43. The van der Waals surface area contributed by atoms with Crippen LogP contribution in [0.2, 0.25) is 0 Å². The van der Waals surface area contributed by atoms with Gasteiger partial charge in [-0.2, -0.15) is 0 Å². The van der Waals surface area contributed by atoms with Crippen molar-refractivity contribution in [3.05, 3.63) is 42.5 Å². The van der Waals surface area contributed by atoms with E-state index >= 15 is 0 Å². The van der Waals surface area contributed by atoms with Crippen molar-refractivity contribution in [1.82, 2.24) is 5.32 Å². The Hall–Kier alpha value is -2.83. The molecule has 0 aliphatic carbocycles. The highest BCUT2D eigenvalue weighted by molar-refractivity contribution is 5.99. The fraction of sp³-hybridized carbons (Fsp3) is 0.267. The first-order chi connectivity index (χ1) is 10.6. The first-order valence-electron chi connectivity index (χ1n) is 6.56. The van der Waals surface area contributed by atoms with Crippen LogP contribution in [-0.4, -0.2) is 38.0 Å². The van der Waals surface area contributed by atoms with Gasteiger partial charge < -0.3 is 20.2 Å². The van der Waals surface area contributed by atoms with Gasteiger partial charge in [-0.1, -0.05) is 29.9 Å². The Morgan fingerprint density at radius 2 is 2.00 bits per heavy atom. The molecule has 1 aromatic carbocycles. The quantitative estimate of drug-likeness (QED) is 0.265. The van der Waals surface area contributed by atoms with E-state index in [9.17, 15) is 9.59 Å². The Balaban J connectivity index is 2.54. The highest BCUT2D eigenvalue weighted by Crippen LogP contribution is 2.10. The molecule has 0 aromatic heterocycles. The molecule has 0 atom stereocenters.